The lowest BCUT2D eigenvalue weighted by Gasteiger charge is -2.06. The van der Waals surface area contributed by atoms with Gasteiger partial charge in [-0.2, -0.15) is 0 Å². The van der Waals surface area contributed by atoms with Crippen LogP contribution in [0.15, 0.2) is 0 Å². The zero-order valence-electron chi connectivity index (χ0n) is 13.2. The molecule has 0 aliphatic carbocycles. The lowest BCUT2D eigenvalue weighted by molar-refractivity contribution is -0.154. The summed E-state index contributed by atoms with van der Waals surface area (Å²) in [4.78, 5) is 22.8. The van der Waals surface area contributed by atoms with E-state index in [1.165, 1.54) is 51.4 Å². The van der Waals surface area contributed by atoms with Crippen molar-refractivity contribution in [2.75, 3.05) is 13.2 Å². The molecule has 21 heavy (non-hydrogen) atoms. The molecule has 0 bridgehead atoms. The second-order valence-corrected chi connectivity index (χ2v) is 5.86. The summed E-state index contributed by atoms with van der Waals surface area (Å²) in [6.07, 6.45) is 14.0. The third kappa shape index (κ3) is 11.3. The molecule has 0 aromatic heterocycles. The molecule has 0 unspecified atom stereocenters. The van der Waals surface area contributed by atoms with Gasteiger partial charge in [0.15, 0.2) is 0 Å². The first-order chi connectivity index (χ1) is 10.3. The molecule has 0 N–H and O–H groups in total. The van der Waals surface area contributed by atoms with Gasteiger partial charge in [0.25, 0.3) is 0 Å². The average molecular weight is 298 g/mol. The Morgan fingerprint density at radius 3 is 1.10 bits per heavy atom. The maximum Gasteiger partial charge on any atom is 0.317 e. The molecule has 4 nitrogen and oxygen atoms in total. The quantitative estimate of drug-likeness (QED) is 0.498. The van der Waals surface area contributed by atoms with Crippen molar-refractivity contribution in [1.29, 1.82) is 0 Å². The Kier molecular flexibility index (Phi) is 10.8. The second-order valence-electron chi connectivity index (χ2n) is 5.86. The van der Waals surface area contributed by atoms with Crippen LogP contribution < -0.4 is 0 Å². The second kappa shape index (κ2) is 12.7. The van der Waals surface area contributed by atoms with Gasteiger partial charge >= 0.3 is 11.9 Å². The van der Waals surface area contributed by atoms with Crippen molar-refractivity contribution >= 4 is 11.9 Å². The highest BCUT2D eigenvalue weighted by Crippen LogP contribution is 2.12. The van der Waals surface area contributed by atoms with Crippen molar-refractivity contribution in [2.45, 2.75) is 83.5 Å². The van der Waals surface area contributed by atoms with Gasteiger partial charge in [-0.05, 0) is 12.8 Å². The van der Waals surface area contributed by atoms with E-state index in [4.69, 9.17) is 9.47 Å². The smallest absolute Gasteiger partial charge is 0.317 e. The molecule has 4 heteroatoms. The van der Waals surface area contributed by atoms with E-state index in [0.717, 1.165) is 25.7 Å². The normalized spacial score (nSPS) is 22.3. The lowest BCUT2D eigenvalue weighted by atomic mass is 10.1. The first-order valence-corrected chi connectivity index (χ1v) is 8.60. The minimum atomic E-state index is -0.460. The first kappa shape index (κ1) is 18.0. The van der Waals surface area contributed by atoms with Crippen LogP contribution in [0.2, 0.25) is 0 Å². The molecule has 1 aliphatic rings. The topological polar surface area (TPSA) is 52.6 Å². The van der Waals surface area contributed by atoms with Crippen LogP contribution in [0.1, 0.15) is 83.5 Å². The summed E-state index contributed by atoms with van der Waals surface area (Å²) in [5, 5.41) is 0. The molecular formula is C17H30O4. The van der Waals surface area contributed by atoms with Crippen molar-refractivity contribution in [1.82, 2.24) is 0 Å². The Balaban J connectivity index is 2.21. The summed E-state index contributed by atoms with van der Waals surface area (Å²) in [6.45, 7) is 0.845. The van der Waals surface area contributed by atoms with E-state index in [2.05, 4.69) is 0 Å². The number of hydrogen-bond donors (Lipinski definition) is 0. The van der Waals surface area contributed by atoms with Crippen LogP contribution in [-0.4, -0.2) is 25.2 Å². The predicted octanol–water partition coefficient (Wildman–Crippen LogP) is 4.16. The van der Waals surface area contributed by atoms with E-state index in [1.54, 1.807) is 0 Å². The molecule has 1 fully saturated rings. The van der Waals surface area contributed by atoms with Crippen LogP contribution in [0.25, 0.3) is 0 Å². The van der Waals surface area contributed by atoms with Gasteiger partial charge in [0.2, 0.25) is 0 Å². The molecule has 1 aliphatic heterocycles. The van der Waals surface area contributed by atoms with Gasteiger partial charge in [-0.25, -0.2) is 0 Å². The van der Waals surface area contributed by atoms with E-state index in [-0.39, 0.29) is 6.42 Å². The Hall–Kier alpha value is -1.06. The van der Waals surface area contributed by atoms with E-state index in [0.29, 0.717) is 13.2 Å². The standard InChI is InChI=1S/C17H30O4/c18-16-15-17(19)21-14-12-10-8-6-4-2-1-3-5-7-9-11-13-20-16/h1-15H2. The molecule has 1 rings (SSSR count). The molecule has 0 amide bonds. The number of rotatable bonds is 0. The Labute approximate surface area is 128 Å². The third-order valence-electron chi connectivity index (χ3n) is 3.85. The van der Waals surface area contributed by atoms with Crippen LogP contribution in [0.3, 0.4) is 0 Å². The van der Waals surface area contributed by atoms with Gasteiger partial charge in [0.1, 0.15) is 6.42 Å². The molecule has 0 saturated carbocycles. The number of ether oxygens (including phenoxy) is 2. The highest BCUT2D eigenvalue weighted by Gasteiger charge is 2.11. The fraction of sp³-hybridized carbons (Fsp3) is 0.882. The maximum absolute atomic E-state index is 11.4. The Morgan fingerprint density at radius 2 is 0.762 bits per heavy atom. The van der Waals surface area contributed by atoms with Gasteiger partial charge in [0, 0.05) is 0 Å². The van der Waals surface area contributed by atoms with Crippen LogP contribution in [0.4, 0.5) is 0 Å². The van der Waals surface area contributed by atoms with Gasteiger partial charge in [-0.1, -0.05) is 64.2 Å². The van der Waals surface area contributed by atoms with Crippen molar-refractivity contribution in [3.63, 3.8) is 0 Å². The van der Waals surface area contributed by atoms with E-state index in [9.17, 15) is 9.59 Å². The van der Waals surface area contributed by atoms with E-state index >= 15 is 0 Å². The number of esters is 2. The van der Waals surface area contributed by atoms with E-state index in [1.807, 2.05) is 0 Å². The molecule has 0 spiro atoms. The van der Waals surface area contributed by atoms with E-state index < -0.39 is 11.9 Å². The van der Waals surface area contributed by atoms with Crippen LogP contribution in [-0.2, 0) is 19.1 Å². The third-order valence-corrected chi connectivity index (χ3v) is 3.85. The first-order valence-electron chi connectivity index (χ1n) is 8.60. The highest BCUT2D eigenvalue weighted by atomic mass is 16.6. The predicted molar refractivity (Wildman–Crippen MR) is 81.9 cm³/mol. The highest BCUT2D eigenvalue weighted by molar-refractivity contribution is 5.91. The van der Waals surface area contributed by atoms with Crippen molar-refractivity contribution in [2.24, 2.45) is 0 Å². The minimum Gasteiger partial charge on any atom is -0.465 e. The average Bonchev–Trinajstić information content (AvgIpc) is 2.46. The number of carbonyl (C=O) groups excluding carboxylic acids is 2. The van der Waals surface area contributed by atoms with Gasteiger partial charge in [0.05, 0.1) is 13.2 Å². The monoisotopic (exact) mass is 298 g/mol. The molecule has 0 aromatic rings. The molecule has 1 heterocycles. The minimum absolute atomic E-state index is 0.250. The van der Waals surface area contributed by atoms with Gasteiger partial charge in [-0.15, -0.1) is 0 Å². The summed E-state index contributed by atoms with van der Waals surface area (Å²) in [5.74, 6) is -0.921. The van der Waals surface area contributed by atoms with Crippen LogP contribution in [0, 0.1) is 0 Å². The molecule has 1 saturated heterocycles. The summed E-state index contributed by atoms with van der Waals surface area (Å²) in [7, 11) is 0. The molecular weight excluding hydrogens is 268 g/mol. The summed E-state index contributed by atoms with van der Waals surface area (Å²) in [5.41, 5.74) is 0. The number of carbonyl (C=O) groups is 2. The fourth-order valence-electron chi connectivity index (χ4n) is 2.56. The number of hydrogen-bond acceptors (Lipinski definition) is 4. The van der Waals surface area contributed by atoms with Crippen LogP contribution >= 0.6 is 0 Å². The molecule has 122 valence electrons. The molecule has 0 atom stereocenters. The SMILES string of the molecule is O=C1CC(=O)OCCCCCCCCCCCCCCO1. The zero-order valence-corrected chi connectivity index (χ0v) is 13.2. The summed E-state index contributed by atoms with van der Waals surface area (Å²) in [6, 6.07) is 0. The van der Waals surface area contributed by atoms with Gasteiger partial charge in [-0.3, -0.25) is 9.59 Å². The molecule has 0 aromatic carbocycles. The summed E-state index contributed by atoms with van der Waals surface area (Å²) >= 11 is 0. The van der Waals surface area contributed by atoms with Crippen molar-refractivity contribution < 1.29 is 19.1 Å². The maximum atomic E-state index is 11.4. The lowest BCUT2D eigenvalue weighted by Crippen LogP contribution is -2.15. The number of cyclic esters (lactones) is 2. The van der Waals surface area contributed by atoms with Crippen LogP contribution in [0.5, 0.6) is 0 Å². The molecule has 0 radical (unpaired) electrons. The Morgan fingerprint density at radius 1 is 0.476 bits per heavy atom. The van der Waals surface area contributed by atoms with Crippen molar-refractivity contribution in [3.05, 3.63) is 0 Å². The van der Waals surface area contributed by atoms with Crippen molar-refractivity contribution in [3.8, 4) is 0 Å². The zero-order chi connectivity index (χ0) is 15.2. The summed E-state index contributed by atoms with van der Waals surface area (Å²) < 4.78 is 10.1. The fourth-order valence-corrected chi connectivity index (χ4v) is 2.56. The van der Waals surface area contributed by atoms with Gasteiger partial charge < -0.3 is 9.47 Å². The Bertz CT molecular complexity index is 261. The largest absolute Gasteiger partial charge is 0.465 e.